The first-order valence-electron chi connectivity index (χ1n) is 5.58. The molecule has 2 rings (SSSR count). The molecule has 19 heavy (non-hydrogen) atoms. The number of sulfone groups is 1. The second-order valence-corrected chi connectivity index (χ2v) is 7.32. The normalized spacial score (nSPS) is 13.4. The number of thioether (sulfide) groups is 1. The van der Waals surface area contributed by atoms with E-state index in [0.717, 1.165) is 5.56 Å². The summed E-state index contributed by atoms with van der Waals surface area (Å²) in [6, 6.07) is 6.43. The summed E-state index contributed by atoms with van der Waals surface area (Å²) in [7, 11) is -3.18. The molecule has 0 aliphatic heterocycles. The van der Waals surface area contributed by atoms with Crippen LogP contribution in [-0.4, -0.2) is 31.1 Å². The highest BCUT2D eigenvalue weighted by atomic mass is 32.2. The molecule has 0 N–H and O–H groups in total. The van der Waals surface area contributed by atoms with Crippen molar-refractivity contribution in [1.82, 2.24) is 10.1 Å². The van der Waals surface area contributed by atoms with E-state index in [4.69, 9.17) is 4.52 Å². The quantitative estimate of drug-likeness (QED) is 0.863. The van der Waals surface area contributed by atoms with Crippen molar-refractivity contribution in [3.63, 3.8) is 0 Å². The molecular weight excluding hydrogens is 284 g/mol. The Kier molecular flexibility index (Phi) is 3.96. The lowest BCUT2D eigenvalue weighted by atomic mass is 10.2. The number of hydrogen-bond donors (Lipinski definition) is 0. The zero-order valence-corrected chi connectivity index (χ0v) is 12.5. The van der Waals surface area contributed by atoms with Gasteiger partial charge in [0.15, 0.2) is 9.84 Å². The highest BCUT2D eigenvalue weighted by molar-refractivity contribution is 7.98. The van der Waals surface area contributed by atoms with E-state index in [1.807, 2.05) is 13.2 Å². The highest BCUT2D eigenvalue weighted by Crippen LogP contribution is 2.26. The number of nitrogens with zero attached hydrogens (tertiary/aromatic N) is 2. The van der Waals surface area contributed by atoms with Crippen molar-refractivity contribution in [2.45, 2.75) is 17.1 Å². The Bertz CT molecular complexity index is 663. The molecule has 0 radical (unpaired) electrons. The molecule has 1 atom stereocenters. The number of benzene rings is 1. The van der Waals surface area contributed by atoms with Gasteiger partial charge in [0.2, 0.25) is 11.7 Å². The Morgan fingerprint density at radius 3 is 2.42 bits per heavy atom. The van der Waals surface area contributed by atoms with Crippen molar-refractivity contribution in [2.24, 2.45) is 0 Å². The van der Waals surface area contributed by atoms with E-state index in [2.05, 4.69) is 10.1 Å². The van der Waals surface area contributed by atoms with Gasteiger partial charge in [0.1, 0.15) is 0 Å². The average Bonchev–Trinajstić information content (AvgIpc) is 2.86. The van der Waals surface area contributed by atoms with Gasteiger partial charge in [0, 0.05) is 11.8 Å². The fourth-order valence-electron chi connectivity index (χ4n) is 1.47. The Labute approximate surface area is 116 Å². The van der Waals surface area contributed by atoms with Gasteiger partial charge in [0.05, 0.1) is 10.1 Å². The minimum atomic E-state index is -3.18. The van der Waals surface area contributed by atoms with Gasteiger partial charge in [0.25, 0.3) is 0 Å². The largest absolute Gasteiger partial charge is 0.338 e. The lowest BCUT2D eigenvalue weighted by Crippen LogP contribution is -1.96. The highest BCUT2D eigenvalue weighted by Gasteiger charge is 2.14. The number of hydrogen-bond acceptors (Lipinski definition) is 6. The predicted molar refractivity (Wildman–Crippen MR) is 74.8 cm³/mol. The third kappa shape index (κ3) is 3.16. The molecule has 1 aromatic carbocycles. The summed E-state index contributed by atoms with van der Waals surface area (Å²) in [5, 5.41) is 4.03. The molecule has 0 amide bonds. The van der Waals surface area contributed by atoms with Crippen LogP contribution in [0.15, 0.2) is 33.7 Å². The van der Waals surface area contributed by atoms with Crippen LogP contribution in [0.1, 0.15) is 18.1 Å². The van der Waals surface area contributed by atoms with Crippen LogP contribution in [0.5, 0.6) is 0 Å². The summed E-state index contributed by atoms with van der Waals surface area (Å²) in [6.07, 6.45) is 3.14. The molecule has 1 heterocycles. The van der Waals surface area contributed by atoms with Gasteiger partial charge in [-0.25, -0.2) is 8.42 Å². The van der Waals surface area contributed by atoms with Gasteiger partial charge in [-0.1, -0.05) is 5.16 Å². The topological polar surface area (TPSA) is 73.1 Å². The Morgan fingerprint density at radius 2 is 1.89 bits per heavy atom. The molecule has 0 spiro atoms. The molecule has 0 aliphatic carbocycles. The predicted octanol–water partition coefficient (Wildman–Crippen LogP) is 2.56. The molecule has 0 aliphatic rings. The first-order valence-corrected chi connectivity index (χ1v) is 8.76. The molecule has 2 aromatic rings. The molecular formula is C12H14N2O3S2. The Morgan fingerprint density at radius 1 is 1.26 bits per heavy atom. The zero-order chi connectivity index (χ0) is 14.0. The zero-order valence-electron chi connectivity index (χ0n) is 10.8. The fraction of sp³-hybridized carbons (Fsp3) is 0.333. The molecule has 0 bridgehead atoms. The summed E-state index contributed by atoms with van der Waals surface area (Å²) >= 11 is 1.62. The van der Waals surface area contributed by atoms with E-state index in [1.165, 1.54) is 6.26 Å². The van der Waals surface area contributed by atoms with Crippen molar-refractivity contribution in [3.05, 3.63) is 30.2 Å². The van der Waals surface area contributed by atoms with Crippen LogP contribution in [0, 0.1) is 0 Å². The first kappa shape index (κ1) is 14.1. The molecule has 1 aromatic heterocycles. The van der Waals surface area contributed by atoms with E-state index < -0.39 is 9.84 Å². The Hall–Kier alpha value is -1.34. The standard InChI is InChI=1S/C12H14N2O3S2/c1-8(18-2)12-13-11(14-17-12)9-4-6-10(7-5-9)19(3,15)16/h4-8H,1-3H3. The maximum Gasteiger partial charge on any atom is 0.239 e. The van der Waals surface area contributed by atoms with E-state index >= 15 is 0 Å². The third-order valence-corrected chi connectivity index (χ3v) is 4.72. The van der Waals surface area contributed by atoms with Crippen molar-refractivity contribution in [2.75, 3.05) is 12.5 Å². The maximum absolute atomic E-state index is 11.4. The summed E-state index contributed by atoms with van der Waals surface area (Å²) < 4.78 is 27.9. The van der Waals surface area contributed by atoms with Crippen LogP contribution in [0.25, 0.3) is 11.4 Å². The molecule has 102 valence electrons. The van der Waals surface area contributed by atoms with Gasteiger partial charge in [-0.3, -0.25) is 0 Å². The van der Waals surface area contributed by atoms with Gasteiger partial charge in [-0.05, 0) is 37.4 Å². The van der Waals surface area contributed by atoms with E-state index in [9.17, 15) is 8.42 Å². The molecule has 7 heteroatoms. The van der Waals surface area contributed by atoms with E-state index in [-0.39, 0.29) is 10.1 Å². The van der Waals surface area contributed by atoms with Crippen molar-refractivity contribution in [3.8, 4) is 11.4 Å². The summed E-state index contributed by atoms with van der Waals surface area (Å²) in [4.78, 5) is 4.57. The monoisotopic (exact) mass is 298 g/mol. The van der Waals surface area contributed by atoms with Gasteiger partial charge in [-0.2, -0.15) is 16.7 Å². The molecule has 1 unspecified atom stereocenters. The van der Waals surface area contributed by atoms with Gasteiger partial charge in [-0.15, -0.1) is 0 Å². The second-order valence-electron chi connectivity index (χ2n) is 4.13. The lowest BCUT2D eigenvalue weighted by molar-refractivity contribution is 0.381. The van der Waals surface area contributed by atoms with Gasteiger partial charge < -0.3 is 4.52 Å². The van der Waals surface area contributed by atoms with Crippen molar-refractivity contribution in [1.29, 1.82) is 0 Å². The van der Waals surface area contributed by atoms with Crippen molar-refractivity contribution >= 4 is 21.6 Å². The van der Waals surface area contributed by atoms with Crippen LogP contribution < -0.4 is 0 Å². The second kappa shape index (κ2) is 5.34. The molecule has 0 fully saturated rings. The fourth-order valence-corrected chi connectivity index (χ4v) is 2.40. The van der Waals surface area contributed by atoms with E-state index in [1.54, 1.807) is 36.0 Å². The van der Waals surface area contributed by atoms with Gasteiger partial charge >= 0.3 is 0 Å². The molecule has 0 saturated carbocycles. The van der Waals surface area contributed by atoms with E-state index in [0.29, 0.717) is 11.7 Å². The third-order valence-electron chi connectivity index (χ3n) is 2.68. The Balaban J connectivity index is 2.30. The minimum absolute atomic E-state index is 0.136. The summed E-state index contributed by atoms with van der Waals surface area (Å²) in [6.45, 7) is 1.98. The summed E-state index contributed by atoms with van der Waals surface area (Å²) in [5.74, 6) is 1.03. The van der Waals surface area contributed by atoms with Crippen LogP contribution in [0.2, 0.25) is 0 Å². The first-order chi connectivity index (χ1) is 8.91. The minimum Gasteiger partial charge on any atom is -0.338 e. The van der Waals surface area contributed by atoms with Crippen LogP contribution >= 0.6 is 11.8 Å². The maximum atomic E-state index is 11.4. The molecule has 5 nitrogen and oxygen atoms in total. The number of aromatic nitrogens is 2. The lowest BCUT2D eigenvalue weighted by Gasteiger charge is -1.99. The SMILES string of the molecule is CSC(C)c1nc(-c2ccc(S(C)(=O)=O)cc2)no1. The number of rotatable bonds is 4. The van der Waals surface area contributed by atoms with Crippen LogP contribution in [-0.2, 0) is 9.84 Å². The van der Waals surface area contributed by atoms with Crippen LogP contribution in [0.4, 0.5) is 0 Å². The molecule has 0 saturated heterocycles. The summed E-state index contributed by atoms with van der Waals surface area (Å²) in [5.41, 5.74) is 0.732. The van der Waals surface area contributed by atoms with Crippen molar-refractivity contribution < 1.29 is 12.9 Å². The average molecular weight is 298 g/mol. The van der Waals surface area contributed by atoms with Crippen LogP contribution in [0.3, 0.4) is 0 Å². The smallest absolute Gasteiger partial charge is 0.239 e.